The maximum Gasteiger partial charge on any atom is 0.261 e. The molecule has 4 rings (SSSR count). The van der Waals surface area contributed by atoms with Gasteiger partial charge in [0.05, 0.1) is 14.2 Å². The van der Waals surface area contributed by atoms with Crippen LogP contribution in [0, 0.1) is 11.6 Å². The quantitative estimate of drug-likeness (QED) is 0.588. The Bertz CT molecular complexity index is 1230. The molecule has 176 valence electrons. The van der Waals surface area contributed by atoms with Crippen molar-refractivity contribution in [2.45, 2.75) is 13.1 Å². The van der Waals surface area contributed by atoms with Crippen LogP contribution in [-0.4, -0.2) is 37.5 Å². The molecule has 1 N–H and O–H groups in total. The first-order valence-corrected chi connectivity index (χ1v) is 10.4. The van der Waals surface area contributed by atoms with Gasteiger partial charge >= 0.3 is 0 Å². The van der Waals surface area contributed by atoms with Crippen molar-refractivity contribution in [1.29, 1.82) is 0 Å². The highest BCUT2D eigenvalue weighted by Gasteiger charge is 2.24. The molecular formula is C25H22F2N2O5. The van der Waals surface area contributed by atoms with E-state index in [1.54, 1.807) is 35.2 Å². The van der Waals surface area contributed by atoms with Gasteiger partial charge in [0, 0.05) is 29.9 Å². The number of halogens is 2. The predicted octanol–water partition coefficient (Wildman–Crippen LogP) is 4.16. The fourth-order valence-corrected chi connectivity index (χ4v) is 3.78. The van der Waals surface area contributed by atoms with E-state index in [4.69, 9.17) is 14.2 Å². The number of carbonyl (C=O) groups excluding carboxylic acids is 2. The van der Waals surface area contributed by atoms with Crippen LogP contribution in [0.2, 0.25) is 0 Å². The Morgan fingerprint density at radius 2 is 1.79 bits per heavy atom. The Labute approximate surface area is 194 Å². The zero-order valence-electron chi connectivity index (χ0n) is 18.6. The Hall–Kier alpha value is -4.14. The number of fused-ring (bicyclic) bond motifs is 1. The number of rotatable bonds is 6. The average Bonchev–Trinajstić information content (AvgIpc) is 2.97. The number of amides is 2. The summed E-state index contributed by atoms with van der Waals surface area (Å²) >= 11 is 0. The monoisotopic (exact) mass is 468 g/mol. The maximum absolute atomic E-state index is 14.0. The van der Waals surface area contributed by atoms with E-state index >= 15 is 0 Å². The number of hydrogen-bond acceptors (Lipinski definition) is 5. The van der Waals surface area contributed by atoms with Crippen molar-refractivity contribution in [3.05, 3.63) is 82.9 Å². The fourth-order valence-electron chi connectivity index (χ4n) is 3.78. The predicted molar refractivity (Wildman–Crippen MR) is 120 cm³/mol. The number of hydrogen-bond donors (Lipinski definition) is 1. The van der Waals surface area contributed by atoms with E-state index in [1.807, 2.05) is 6.07 Å². The number of carbonyl (C=O) groups is 2. The minimum Gasteiger partial charge on any atom is -0.493 e. The molecule has 1 aliphatic heterocycles. The standard InChI is InChI=1S/C25H22F2N2O5/c1-32-21-8-3-5-15(24(21)33-2)12-29-13-16-11-17(9-10-20(16)34-14-22(29)30)28-25(31)23-18(26)6-4-7-19(23)27/h3-11H,12-14H2,1-2H3,(H,28,31). The van der Waals surface area contributed by atoms with Crippen LogP contribution in [0.25, 0.3) is 0 Å². The van der Waals surface area contributed by atoms with Gasteiger partial charge in [0.1, 0.15) is 22.9 Å². The highest BCUT2D eigenvalue weighted by molar-refractivity contribution is 6.04. The molecule has 0 fully saturated rings. The Balaban J connectivity index is 1.58. The van der Waals surface area contributed by atoms with Gasteiger partial charge in [-0.15, -0.1) is 0 Å². The second-order valence-corrected chi connectivity index (χ2v) is 7.56. The number of para-hydroxylation sites is 1. The topological polar surface area (TPSA) is 77.1 Å². The summed E-state index contributed by atoms with van der Waals surface area (Å²) in [5.74, 6) is -1.53. The van der Waals surface area contributed by atoms with Crippen LogP contribution in [0.5, 0.6) is 17.2 Å². The van der Waals surface area contributed by atoms with Gasteiger partial charge in [-0.25, -0.2) is 8.78 Å². The van der Waals surface area contributed by atoms with E-state index < -0.39 is 23.1 Å². The van der Waals surface area contributed by atoms with E-state index in [-0.39, 0.29) is 25.6 Å². The molecule has 0 atom stereocenters. The molecule has 1 aliphatic rings. The molecule has 7 nitrogen and oxygen atoms in total. The minimum absolute atomic E-state index is 0.161. The Morgan fingerprint density at radius 1 is 1.06 bits per heavy atom. The number of ether oxygens (including phenoxy) is 3. The van der Waals surface area contributed by atoms with Gasteiger partial charge in [-0.1, -0.05) is 18.2 Å². The molecule has 34 heavy (non-hydrogen) atoms. The van der Waals surface area contributed by atoms with E-state index in [9.17, 15) is 18.4 Å². The summed E-state index contributed by atoms with van der Waals surface area (Å²) in [5, 5.41) is 2.51. The third-order valence-corrected chi connectivity index (χ3v) is 5.42. The molecule has 3 aromatic carbocycles. The van der Waals surface area contributed by atoms with Gasteiger partial charge in [0.15, 0.2) is 18.1 Å². The van der Waals surface area contributed by atoms with Crippen LogP contribution in [-0.2, 0) is 17.9 Å². The van der Waals surface area contributed by atoms with Gasteiger partial charge in [0.25, 0.3) is 11.8 Å². The van der Waals surface area contributed by atoms with Crippen molar-refractivity contribution >= 4 is 17.5 Å². The highest BCUT2D eigenvalue weighted by Crippen LogP contribution is 2.33. The molecule has 0 radical (unpaired) electrons. The summed E-state index contributed by atoms with van der Waals surface area (Å²) in [4.78, 5) is 26.8. The summed E-state index contributed by atoms with van der Waals surface area (Å²) in [6.07, 6.45) is 0. The first kappa shape index (κ1) is 23.0. The molecule has 1 heterocycles. The lowest BCUT2D eigenvalue weighted by molar-refractivity contribution is -0.133. The van der Waals surface area contributed by atoms with Gasteiger partial charge < -0.3 is 24.4 Å². The second kappa shape index (κ2) is 9.78. The third-order valence-electron chi connectivity index (χ3n) is 5.42. The van der Waals surface area contributed by atoms with Crippen molar-refractivity contribution in [3.63, 3.8) is 0 Å². The molecular weight excluding hydrogens is 446 g/mol. The lowest BCUT2D eigenvalue weighted by Crippen LogP contribution is -2.32. The summed E-state index contributed by atoms with van der Waals surface area (Å²) in [5.41, 5.74) is 1.01. The largest absolute Gasteiger partial charge is 0.493 e. The first-order chi connectivity index (χ1) is 16.4. The van der Waals surface area contributed by atoms with Crippen LogP contribution in [0.4, 0.5) is 14.5 Å². The van der Waals surface area contributed by atoms with Crippen molar-refractivity contribution in [2.24, 2.45) is 0 Å². The van der Waals surface area contributed by atoms with Gasteiger partial charge in [0.2, 0.25) is 0 Å². The molecule has 0 saturated carbocycles. The van der Waals surface area contributed by atoms with E-state index in [0.717, 1.165) is 17.7 Å². The van der Waals surface area contributed by atoms with E-state index in [0.29, 0.717) is 28.5 Å². The molecule has 2 amide bonds. The zero-order chi connectivity index (χ0) is 24.2. The Morgan fingerprint density at radius 3 is 2.50 bits per heavy atom. The molecule has 0 aliphatic carbocycles. The Kier molecular flexibility index (Phi) is 6.62. The van der Waals surface area contributed by atoms with Gasteiger partial charge in [-0.3, -0.25) is 9.59 Å². The van der Waals surface area contributed by atoms with Crippen LogP contribution in [0.1, 0.15) is 21.5 Å². The summed E-state index contributed by atoms with van der Waals surface area (Å²) < 4.78 is 44.4. The minimum atomic E-state index is -0.959. The van der Waals surface area contributed by atoms with Crippen molar-refractivity contribution in [2.75, 3.05) is 26.1 Å². The number of nitrogens with one attached hydrogen (secondary N) is 1. The van der Waals surface area contributed by atoms with E-state index in [2.05, 4.69) is 5.32 Å². The smallest absolute Gasteiger partial charge is 0.261 e. The molecule has 0 spiro atoms. The van der Waals surface area contributed by atoms with Crippen molar-refractivity contribution in [1.82, 2.24) is 4.90 Å². The summed E-state index contributed by atoms with van der Waals surface area (Å²) in [6.45, 7) is 0.261. The molecule has 9 heteroatoms. The fraction of sp³-hybridized carbons (Fsp3) is 0.200. The lowest BCUT2D eigenvalue weighted by Gasteiger charge is -2.22. The van der Waals surface area contributed by atoms with Crippen LogP contribution in [0.15, 0.2) is 54.6 Å². The number of methoxy groups -OCH3 is 2. The summed E-state index contributed by atoms with van der Waals surface area (Å²) in [7, 11) is 3.06. The van der Waals surface area contributed by atoms with Gasteiger partial charge in [-0.05, 0) is 36.4 Å². The van der Waals surface area contributed by atoms with Crippen LogP contribution < -0.4 is 19.5 Å². The third kappa shape index (κ3) is 4.63. The molecule has 0 unspecified atom stereocenters. The average molecular weight is 468 g/mol. The second-order valence-electron chi connectivity index (χ2n) is 7.56. The zero-order valence-corrected chi connectivity index (χ0v) is 18.6. The lowest BCUT2D eigenvalue weighted by atomic mass is 10.1. The van der Waals surface area contributed by atoms with Crippen LogP contribution in [0.3, 0.4) is 0 Å². The van der Waals surface area contributed by atoms with Crippen LogP contribution >= 0.6 is 0 Å². The SMILES string of the molecule is COc1cccc(CN2Cc3cc(NC(=O)c4c(F)cccc4F)ccc3OCC2=O)c1OC. The van der Waals surface area contributed by atoms with E-state index in [1.165, 1.54) is 20.3 Å². The summed E-state index contributed by atoms with van der Waals surface area (Å²) in [6, 6.07) is 13.4. The normalized spacial score (nSPS) is 12.9. The van der Waals surface area contributed by atoms with Gasteiger partial charge in [-0.2, -0.15) is 0 Å². The number of benzene rings is 3. The number of anilines is 1. The van der Waals surface area contributed by atoms with Crippen molar-refractivity contribution < 1.29 is 32.6 Å². The molecule has 0 saturated heterocycles. The maximum atomic E-state index is 14.0. The molecule has 3 aromatic rings. The molecule has 0 bridgehead atoms. The number of nitrogens with zero attached hydrogens (tertiary/aromatic N) is 1. The highest BCUT2D eigenvalue weighted by atomic mass is 19.1. The molecule has 0 aromatic heterocycles. The first-order valence-electron chi connectivity index (χ1n) is 10.4. The van der Waals surface area contributed by atoms with Crippen molar-refractivity contribution in [3.8, 4) is 17.2 Å².